The molecule has 3 N–H and O–H groups in total. The van der Waals surface area contributed by atoms with Crippen LogP contribution in [0.3, 0.4) is 0 Å². The molecule has 0 fully saturated rings. The molecular formula is C10H7Cl2N5O2. The van der Waals surface area contributed by atoms with Crippen LogP contribution in [0.5, 0.6) is 0 Å². The van der Waals surface area contributed by atoms with E-state index in [1.807, 2.05) is 0 Å². The molecular weight excluding hydrogens is 293 g/mol. The number of hydrogen-bond donors (Lipinski definition) is 2. The Morgan fingerprint density at radius 2 is 2.05 bits per heavy atom. The minimum Gasteiger partial charge on any atom is -0.379 e. The second-order valence-electron chi connectivity index (χ2n) is 3.33. The number of hydrogen-bond acceptors (Lipinski definition) is 6. The molecule has 7 nitrogen and oxygen atoms in total. The van der Waals surface area contributed by atoms with Crippen molar-refractivity contribution in [1.29, 1.82) is 0 Å². The van der Waals surface area contributed by atoms with Crippen LogP contribution < -0.4 is 11.2 Å². The summed E-state index contributed by atoms with van der Waals surface area (Å²) < 4.78 is 4.29. The smallest absolute Gasteiger partial charge is 0.297 e. The van der Waals surface area contributed by atoms with Crippen LogP contribution in [-0.2, 0) is 0 Å². The van der Waals surface area contributed by atoms with Crippen LogP contribution in [0.2, 0.25) is 10.0 Å². The Balaban J connectivity index is 2.09. The standard InChI is InChI=1S/C10H7Cl2N5O2/c11-6-2-1-3-7(12)5(6)4-14-15-10(18)8-9(13)17-19-16-8/h1-4H,(H2,13,17)(H,15,18)/b14-4-. The molecule has 0 unspecified atom stereocenters. The van der Waals surface area contributed by atoms with Gasteiger partial charge in [-0.2, -0.15) is 5.10 Å². The number of anilines is 1. The molecule has 1 amide bonds. The summed E-state index contributed by atoms with van der Waals surface area (Å²) in [6.45, 7) is 0. The van der Waals surface area contributed by atoms with Crippen LogP contribution in [0.4, 0.5) is 5.82 Å². The highest BCUT2D eigenvalue weighted by molar-refractivity contribution is 6.38. The Hall–Kier alpha value is -2.12. The zero-order valence-electron chi connectivity index (χ0n) is 9.30. The number of carbonyl (C=O) groups is 1. The van der Waals surface area contributed by atoms with Gasteiger partial charge < -0.3 is 5.73 Å². The summed E-state index contributed by atoms with van der Waals surface area (Å²) >= 11 is 11.8. The number of rotatable bonds is 3. The van der Waals surface area contributed by atoms with E-state index >= 15 is 0 Å². The van der Waals surface area contributed by atoms with Crippen molar-refractivity contribution in [2.24, 2.45) is 5.10 Å². The highest BCUT2D eigenvalue weighted by atomic mass is 35.5. The maximum atomic E-state index is 11.6. The molecule has 2 aromatic rings. The number of nitrogen functional groups attached to an aromatic ring is 1. The Morgan fingerprint density at radius 1 is 1.37 bits per heavy atom. The van der Waals surface area contributed by atoms with Gasteiger partial charge in [-0.3, -0.25) is 4.79 Å². The average molecular weight is 300 g/mol. The fourth-order valence-electron chi connectivity index (χ4n) is 1.20. The summed E-state index contributed by atoms with van der Waals surface area (Å²) in [7, 11) is 0. The molecule has 1 aromatic carbocycles. The number of benzene rings is 1. The van der Waals surface area contributed by atoms with Gasteiger partial charge >= 0.3 is 0 Å². The molecule has 2 rings (SSSR count). The van der Waals surface area contributed by atoms with Gasteiger partial charge in [-0.1, -0.05) is 29.3 Å². The lowest BCUT2D eigenvalue weighted by molar-refractivity contribution is 0.0946. The molecule has 0 radical (unpaired) electrons. The van der Waals surface area contributed by atoms with E-state index in [4.69, 9.17) is 28.9 Å². The van der Waals surface area contributed by atoms with Crippen molar-refractivity contribution in [3.8, 4) is 0 Å². The topological polar surface area (TPSA) is 106 Å². The number of amides is 1. The first kappa shape index (κ1) is 13.3. The van der Waals surface area contributed by atoms with Gasteiger partial charge in [0.15, 0.2) is 0 Å². The van der Waals surface area contributed by atoms with E-state index < -0.39 is 5.91 Å². The molecule has 0 spiro atoms. The molecule has 9 heteroatoms. The lowest BCUT2D eigenvalue weighted by Crippen LogP contribution is -2.19. The lowest BCUT2D eigenvalue weighted by Gasteiger charge is -2.00. The normalized spacial score (nSPS) is 10.8. The molecule has 0 saturated carbocycles. The first-order chi connectivity index (χ1) is 9.09. The van der Waals surface area contributed by atoms with Crippen LogP contribution in [0, 0.1) is 0 Å². The van der Waals surface area contributed by atoms with Crippen molar-refractivity contribution in [2.45, 2.75) is 0 Å². The van der Waals surface area contributed by atoms with E-state index in [0.717, 1.165) is 0 Å². The van der Waals surface area contributed by atoms with Gasteiger partial charge in [-0.15, -0.1) is 0 Å². The Bertz CT molecular complexity index is 620. The van der Waals surface area contributed by atoms with E-state index in [1.54, 1.807) is 18.2 Å². The van der Waals surface area contributed by atoms with Crippen LogP contribution in [-0.4, -0.2) is 22.4 Å². The van der Waals surface area contributed by atoms with Gasteiger partial charge in [0.2, 0.25) is 11.5 Å². The van der Waals surface area contributed by atoms with Crippen molar-refractivity contribution < 1.29 is 9.42 Å². The number of carbonyl (C=O) groups excluding carboxylic acids is 1. The third-order valence-corrected chi connectivity index (χ3v) is 2.75. The van der Waals surface area contributed by atoms with E-state index in [1.165, 1.54) is 6.21 Å². The van der Waals surface area contributed by atoms with Crippen molar-refractivity contribution in [1.82, 2.24) is 15.7 Å². The van der Waals surface area contributed by atoms with Gasteiger partial charge in [0, 0.05) is 5.56 Å². The number of nitrogens with one attached hydrogen (secondary N) is 1. The molecule has 98 valence electrons. The van der Waals surface area contributed by atoms with Crippen LogP contribution in [0.25, 0.3) is 0 Å². The lowest BCUT2D eigenvalue weighted by atomic mass is 10.2. The minimum atomic E-state index is -0.654. The van der Waals surface area contributed by atoms with Gasteiger partial charge in [-0.05, 0) is 22.4 Å². The number of aromatic nitrogens is 2. The number of hydrazone groups is 1. The van der Waals surface area contributed by atoms with Crippen LogP contribution in [0.15, 0.2) is 27.9 Å². The second-order valence-corrected chi connectivity index (χ2v) is 4.15. The zero-order chi connectivity index (χ0) is 13.8. The monoisotopic (exact) mass is 299 g/mol. The fourth-order valence-corrected chi connectivity index (χ4v) is 1.69. The predicted molar refractivity (Wildman–Crippen MR) is 70.2 cm³/mol. The summed E-state index contributed by atoms with van der Waals surface area (Å²) in [5.74, 6) is -0.776. The van der Waals surface area contributed by atoms with Crippen molar-refractivity contribution in [3.63, 3.8) is 0 Å². The largest absolute Gasteiger partial charge is 0.379 e. The molecule has 19 heavy (non-hydrogen) atoms. The van der Waals surface area contributed by atoms with Gasteiger partial charge in [0.05, 0.1) is 16.3 Å². The molecule has 0 saturated heterocycles. The first-order valence-electron chi connectivity index (χ1n) is 4.95. The van der Waals surface area contributed by atoms with Gasteiger partial charge in [-0.25, -0.2) is 10.1 Å². The Kier molecular flexibility index (Phi) is 3.98. The van der Waals surface area contributed by atoms with Crippen molar-refractivity contribution in [3.05, 3.63) is 39.5 Å². The molecule has 1 heterocycles. The summed E-state index contributed by atoms with van der Waals surface area (Å²) in [6.07, 6.45) is 1.31. The summed E-state index contributed by atoms with van der Waals surface area (Å²) in [5.41, 5.74) is 7.88. The third kappa shape index (κ3) is 3.01. The molecule has 0 bridgehead atoms. The quantitative estimate of drug-likeness (QED) is 0.663. The summed E-state index contributed by atoms with van der Waals surface area (Å²) in [5, 5.41) is 11.1. The first-order valence-corrected chi connectivity index (χ1v) is 5.70. The summed E-state index contributed by atoms with van der Waals surface area (Å²) in [4.78, 5) is 11.6. The van der Waals surface area contributed by atoms with E-state index in [-0.39, 0.29) is 11.5 Å². The van der Waals surface area contributed by atoms with Gasteiger partial charge in [0.25, 0.3) is 5.91 Å². The number of nitrogens with two attached hydrogens (primary N) is 1. The van der Waals surface area contributed by atoms with E-state index in [9.17, 15) is 4.79 Å². The molecule has 0 aliphatic heterocycles. The second kappa shape index (κ2) is 5.68. The highest BCUT2D eigenvalue weighted by Gasteiger charge is 2.14. The third-order valence-electron chi connectivity index (χ3n) is 2.09. The number of halogens is 2. The average Bonchev–Trinajstić information content (AvgIpc) is 2.79. The SMILES string of the molecule is Nc1nonc1C(=O)N/N=C\c1c(Cl)cccc1Cl. The van der Waals surface area contributed by atoms with Crippen molar-refractivity contribution in [2.75, 3.05) is 5.73 Å². The van der Waals surface area contributed by atoms with Crippen LogP contribution >= 0.6 is 23.2 Å². The van der Waals surface area contributed by atoms with E-state index in [2.05, 4.69) is 25.5 Å². The Labute approximate surface area is 117 Å². The zero-order valence-corrected chi connectivity index (χ0v) is 10.8. The minimum absolute atomic E-state index is 0.122. The molecule has 0 aliphatic rings. The van der Waals surface area contributed by atoms with Gasteiger partial charge in [0.1, 0.15) is 0 Å². The fraction of sp³-hybridized carbons (Fsp3) is 0. The molecule has 1 aromatic heterocycles. The van der Waals surface area contributed by atoms with Crippen LogP contribution in [0.1, 0.15) is 16.1 Å². The molecule has 0 atom stereocenters. The maximum Gasteiger partial charge on any atom is 0.297 e. The van der Waals surface area contributed by atoms with E-state index in [0.29, 0.717) is 15.6 Å². The Morgan fingerprint density at radius 3 is 2.63 bits per heavy atom. The highest BCUT2D eigenvalue weighted by Crippen LogP contribution is 2.21. The maximum absolute atomic E-state index is 11.6. The molecule has 0 aliphatic carbocycles. The van der Waals surface area contributed by atoms with Crippen molar-refractivity contribution >= 4 is 41.1 Å². The number of nitrogens with zero attached hydrogens (tertiary/aromatic N) is 3. The predicted octanol–water partition coefficient (Wildman–Crippen LogP) is 1.72. The summed E-state index contributed by atoms with van der Waals surface area (Å²) in [6, 6.07) is 4.99.